The number of carbonyl (C=O) groups is 1. The van der Waals surface area contributed by atoms with Gasteiger partial charge in [-0.2, -0.15) is 0 Å². The average molecular weight is 277 g/mol. The highest BCUT2D eigenvalue weighted by Crippen LogP contribution is 2.27. The number of rotatable bonds is 4. The topological polar surface area (TPSA) is 78.6 Å². The van der Waals surface area contributed by atoms with Crippen LogP contribution in [0, 0.1) is 5.92 Å². The first-order valence-corrected chi connectivity index (χ1v) is 7.02. The molecule has 0 heterocycles. The summed E-state index contributed by atoms with van der Waals surface area (Å²) in [6.45, 7) is 0.665. The van der Waals surface area contributed by atoms with E-state index in [0.717, 1.165) is 24.9 Å². The van der Waals surface area contributed by atoms with E-state index in [4.69, 9.17) is 5.73 Å². The molecule has 1 amide bonds. The molecule has 1 aromatic carbocycles. The van der Waals surface area contributed by atoms with Crippen LogP contribution in [0.5, 0.6) is 0 Å². The Kier molecular flexibility index (Phi) is 4.49. The van der Waals surface area contributed by atoms with Crippen LogP contribution in [0.15, 0.2) is 18.2 Å². The maximum Gasteiger partial charge on any atom is 0.255 e. The van der Waals surface area contributed by atoms with E-state index < -0.39 is 0 Å². The van der Waals surface area contributed by atoms with Crippen LogP contribution in [0.2, 0.25) is 0 Å². The van der Waals surface area contributed by atoms with E-state index in [1.807, 2.05) is 0 Å². The molecule has 0 aromatic heterocycles. The molecule has 0 saturated heterocycles. The quantitative estimate of drug-likeness (QED) is 0.730. The summed E-state index contributed by atoms with van der Waals surface area (Å²) in [6, 6.07) is 5.25. The molecule has 2 unspecified atom stereocenters. The zero-order chi connectivity index (χ0) is 14.7. The van der Waals surface area contributed by atoms with Crippen molar-refractivity contribution in [3.63, 3.8) is 0 Å². The average Bonchev–Trinajstić information content (AvgIpc) is 2.81. The molecular formula is C15H23N3O2. The van der Waals surface area contributed by atoms with Crippen LogP contribution >= 0.6 is 0 Å². The highest BCUT2D eigenvalue weighted by Gasteiger charge is 2.25. The normalized spacial score (nSPS) is 21.8. The van der Waals surface area contributed by atoms with Gasteiger partial charge in [0.25, 0.3) is 5.91 Å². The minimum absolute atomic E-state index is 0.0560. The Morgan fingerprint density at radius 2 is 2.20 bits per heavy atom. The van der Waals surface area contributed by atoms with Crippen molar-refractivity contribution in [1.29, 1.82) is 0 Å². The summed E-state index contributed by atoms with van der Waals surface area (Å²) in [4.78, 5) is 13.7. The SMILES string of the molecule is CN(C)C(=O)c1ccc(N)cc1NCC1CCCC1O. The molecule has 2 atom stereocenters. The van der Waals surface area contributed by atoms with Gasteiger partial charge in [0.15, 0.2) is 0 Å². The number of hydrogen-bond acceptors (Lipinski definition) is 4. The largest absolute Gasteiger partial charge is 0.399 e. The van der Waals surface area contributed by atoms with Crippen molar-refractivity contribution in [2.24, 2.45) is 5.92 Å². The Hall–Kier alpha value is -1.75. The second-order valence-corrected chi connectivity index (χ2v) is 5.64. The molecule has 2 rings (SSSR count). The van der Waals surface area contributed by atoms with Crippen LogP contribution in [0.1, 0.15) is 29.6 Å². The zero-order valence-corrected chi connectivity index (χ0v) is 12.1. The summed E-state index contributed by atoms with van der Waals surface area (Å²) < 4.78 is 0. The molecule has 0 aliphatic heterocycles. The van der Waals surface area contributed by atoms with Crippen molar-refractivity contribution in [3.05, 3.63) is 23.8 Å². The molecule has 5 nitrogen and oxygen atoms in total. The van der Waals surface area contributed by atoms with Gasteiger partial charge in [0.05, 0.1) is 11.7 Å². The highest BCUT2D eigenvalue weighted by atomic mass is 16.3. The number of amides is 1. The molecule has 0 bridgehead atoms. The first-order valence-electron chi connectivity index (χ1n) is 7.02. The number of nitrogens with zero attached hydrogens (tertiary/aromatic N) is 1. The van der Waals surface area contributed by atoms with Crippen molar-refractivity contribution >= 4 is 17.3 Å². The maximum atomic E-state index is 12.1. The minimum atomic E-state index is -0.239. The molecule has 0 spiro atoms. The van der Waals surface area contributed by atoms with E-state index >= 15 is 0 Å². The van der Waals surface area contributed by atoms with Gasteiger partial charge in [0, 0.05) is 37.9 Å². The number of hydrogen-bond donors (Lipinski definition) is 3. The van der Waals surface area contributed by atoms with Crippen LogP contribution in [-0.2, 0) is 0 Å². The van der Waals surface area contributed by atoms with Crippen LogP contribution in [0.4, 0.5) is 11.4 Å². The van der Waals surface area contributed by atoms with Gasteiger partial charge in [-0.1, -0.05) is 6.42 Å². The minimum Gasteiger partial charge on any atom is -0.399 e. The third-order valence-electron chi connectivity index (χ3n) is 3.85. The Bertz CT molecular complexity index is 488. The number of nitrogen functional groups attached to an aromatic ring is 1. The van der Waals surface area contributed by atoms with Gasteiger partial charge in [-0.25, -0.2) is 0 Å². The van der Waals surface area contributed by atoms with Gasteiger partial charge in [-0.3, -0.25) is 4.79 Å². The lowest BCUT2D eigenvalue weighted by molar-refractivity contribution is 0.0828. The van der Waals surface area contributed by atoms with Crippen LogP contribution in [-0.4, -0.2) is 42.7 Å². The molecule has 1 fully saturated rings. The first-order chi connectivity index (χ1) is 9.49. The molecule has 110 valence electrons. The summed E-state index contributed by atoms with van der Waals surface area (Å²) in [5.74, 6) is 0.193. The number of nitrogens with two attached hydrogens (primary N) is 1. The Labute approximate surface area is 119 Å². The Morgan fingerprint density at radius 3 is 2.80 bits per heavy atom. The predicted molar refractivity (Wildman–Crippen MR) is 80.7 cm³/mol. The Balaban J connectivity index is 2.13. The summed E-state index contributed by atoms with van der Waals surface area (Å²) in [5, 5.41) is 13.1. The van der Waals surface area contributed by atoms with Crippen molar-refractivity contribution in [3.8, 4) is 0 Å². The number of aliphatic hydroxyl groups is 1. The van der Waals surface area contributed by atoms with Gasteiger partial charge in [-0.05, 0) is 31.0 Å². The molecule has 4 N–H and O–H groups in total. The number of aliphatic hydroxyl groups excluding tert-OH is 1. The lowest BCUT2D eigenvalue weighted by atomic mass is 10.1. The van der Waals surface area contributed by atoms with E-state index in [9.17, 15) is 9.90 Å². The van der Waals surface area contributed by atoms with Crippen molar-refractivity contribution < 1.29 is 9.90 Å². The predicted octanol–water partition coefficient (Wildman–Crippen LogP) is 1.54. The fourth-order valence-corrected chi connectivity index (χ4v) is 2.63. The van der Waals surface area contributed by atoms with E-state index in [-0.39, 0.29) is 17.9 Å². The first kappa shape index (κ1) is 14.7. The van der Waals surface area contributed by atoms with E-state index in [1.54, 1.807) is 37.2 Å². The summed E-state index contributed by atoms with van der Waals surface area (Å²) in [6.07, 6.45) is 2.71. The van der Waals surface area contributed by atoms with Gasteiger partial charge < -0.3 is 21.1 Å². The zero-order valence-electron chi connectivity index (χ0n) is 12.1. The fourth-order valence-electron chi connectivity index (χ4n) is 2.63. The monoisotopic (exact) mass is 277 g/mol. The maximum absolute atomic E-state index is 12.1. The lowest BCUT2D eigenvalue weighted by Gasteiger charge is -2.19. The van der Waals surface area contributed by atoms with Crippen LogP contribution in [0.3, 0.4) is 0 Å². The van der Waals surface area contributed by atoms with E-state index in [1.165, 1.54) is 0 Å². The van der Waals surface area contributed by atoms with Gasteiger partial charge >= 0.3 is 0 Å². The molecule has 20 heavy (non-hydrogen) atoms. The highest BCUT2D eigenvalue weighted by molar-refractivity contribution is 6.00. The van der Waals surface area contributed by atoms with Crippen LogP contribution in [0.25, 0.3) is 0 Å². The van der Waals surface area contributed by atoms with Gasteiger partial charge in [0.2, 0.25) is 0 Å². The third-order valence-corrected chi connectivity index (χ3v) is 3.85. The number of anilines is 2. The molecule has 0 radical (unpaired) electrons. The molecule has 1 aliphatic rings. The standard InChI is InChI=1S/C15H23N3O2/c1-18(2)15(20)12-7-6-11(16)8-13(12)17-9-10-4-3-5-14(10)19/h6-8,10,14,17,19H,3-5,9,16H2,1-2H3. The smallest absolute Gasteiger partial charge is 0.255 e. The summed E-state index contributed by atoms with van der Waals surface area (Å²) in [5.41, 5.74) is 7.77. The second-order valence-electron chi connectivity index (χ2n) is 5.64. The second kappa shape index (κ2) is 6.13. The molecule has 5 heteroatoms. The number of carbonyl (C=O) groups excluding carboxylic acids is 1. The molecule has 1 saturated carbocycles. The van der Waals surface area contributed by atoms with Gasteiger partial charge in [-0.15, -0.1) is 0 Å². The van der Waals surface area contributed by atoms with E-state index in [0.29, 0.717) is 17.8 Å². The molecule has 1 aromatic rings. The lowest BCUT2D eigenvalue weighted by Crippen LogP contribution is -2.25. The Morgan fingerprint density at radius 1 is 1.45 bits per heavy atom. The fraction of sp³-hybridized carbons (Fsp3) is 0.533. The molecular weight excluding hydrogens is 254 g/mol. The van der Waals surface area contributed by atoms with E-state index in [2.05, 4.69) is 5.32 Å². The number of benzene rings is 1. The third kappa shape index (κ3) is 3.22. The number of nitrogens with one attached hydrogen (secondary N) is 1. The molecule has 1 aliphatic carbocycles. The van der Waals surface area contributed by atoms with Gasteiger partial charge in [0.1, 0.15) is 0 Å². The summed E-state index contributed by atoms with van der Waals surface area (Å²) >= 11 is 0. The van der Waals surface area contributed by atoms with Crippen molar-refractivity contribution in [2.75, 3.05) is 31.7 Å². The van der Waals surface area contributed by atoms with Crippen molar-refractivity contribution in [1.82, 2.24) is 4.90 Å². The van der Waals surface area contributed by atoms with Crippen LogP contribution < -0.4 is 11.1 Å². The summed E-state index contributed by atoms with van der Waals surface area (Å²) in [7, 11) is 3.45. The van der Waals surface area contributed by atoms with Crippen molar-refractivity contribution in [2.45, 2.75) is 25.4 Å².